The third kappa shape index (κ3) is 3.99. The van der Waals surface area contributed by atoms with E-state index in [0.29, 0.717) is 44.0 Å². The topological polar surface area (TPSA) is 66.9 Å². The van der Waals surface area contributed by atoms with Crippen molar-refractivity contribution >= 4 is 26.7 Å². The first-order chi connectivity index (χ1) is 15.0. The van der Waals surface area contributed by atoms with Gasteiger partial charge in [0.1, 0.15) is 0 Å². The molecule has 2 aliphatic heterocycles. The maximum atomic E-state index is 13.3. The Morgan fingerprint density at radius 2 is 1.65 bits per heavy atom. The second-order valence-electron chi connectivity index (χ2n) is 8.98. The Bertz CT molecular complexity index is 1060. The highest BCUT2D eigenvalue weighted by atomic mass is 32.2. The van der Waals surface area contributed by atoms with Crippen molar-refractivity contribution in [1.29, 1.82) is 0 Å². The van der Waals surface area contributed by atoms with Gasteiger partial charge in [-0.3, -0.25) is 4.79 Å². The van der Waals surface area contributed by atoms with Gasteiger partial charge in [-0.25, -0.2) is 8.42 Å². The fraction of sp³-hybridized carbons (Fsp3) is 0.542. The Morgan fingerprint density at radius 3 is 2.45 bits per heavy atom. The molecule has 3 aliphatic rings. The van der Waals surface area contributed by atoms with Crippen LogP contribution in [-0.2, 0) is 19.6 Å². The highest BCUT2D eigenvalue weighted by Gasteiger charge is 2.40. The number of hydrogen-bond donors (Lipinski definition) is 0. The summed E-state index contributed by atoms with van der Waals surface area (Å²) in [5.74, 6) is 0.103. The second-order valence-corrected chi connectivity index (χ2v) is 10.9. The van der Waals surface area contributed by atoms with E-state index in [9.17, 15) is 13.2 Å². The number of fused-ring (bicyclic) bond motifs is 2. The number of amides is 1. The van der Waals surface area contributed by atoms with Crippen molar-refractivity contribution in [1.82, 2.24) is 9.21 Å². The van der Waals surface area contributed by atoms with Crippen LogP contribution in [0.15, 0.2) is 47.4 Å². The van der Waals surface area contributed by atoms with Crippen LogP contribution in [0.5, 0.6) is 0 Å². The summed E-state index contributed by atoms with van der Waals surface area (Å²) in [6, 6.07) is 13.3. The van der Waals surface area contributed by atoms with Crippen LogP contribution in [0.25, 0.3) is 10.8 Å². The van der Waals surface area contributed by atoms with Crippen LogP contribution < -0.4 is 0 Å². The minimum absolute atomic E-state index is 0.0938. The van der Waals surface area contributed by atoms with Gasteiger partial charge in [-0.05, 0) is 48.6 Å². The van der Waals surface area contributed by atoms with Gasteiger partial charge >= 0.3 is 0 Å². The summed E-state index contributed by atoms with van der Waals surface area (Å²) in [6.07, 6.45) is 5.73. The van der Waals surface area contributed by atoms with Crippen LogP contribution >= 0.6 is 0 Å². The molecule has 166 valence electrons. The van der Waals surface area contributed by atoms with Crippen LogP contribution in [0.1, 0.15) is 38.5 Å². The molecule has 0 aromatic heterocycles. The van der Waals surface area contributed by atoms with Gasteiger partial charge in [0.05, 0.1) is 23.6 Å². The van der Waals surface area contributed by atoms with Crippen molar-refractivity contribution in [3.8, 4) is 0 Å². The molecule has 2 aromatic rings. The molecule has 2 atom stereocenters. The molecular weight excluding hydrogens is 412 g/mol. The number of carbonyl (C=O) groups excluding carboxylic acids is 1. The number of carbonyl (C=O) groups is 1. The van der Waals surface area contributed by atoms with Crippen molar-refractivity contribution in [2.45, 2.75) is 55.6 Å². The first-order valence-electron chi connectivity index (χ1n) is 11.4. The molecule has 0 N–H and O–H groups in total. The van der Waals surface area contributed by atoms with E-state index in [2.05, 4.69) is 0 Å². The quantitative estimate of drug-likeness (QED) is 0.731. The fourth-order valence-electron chi connectivity index (χ4n) is 5.42. The van der Waals surface area contributed by atoms with Gasteiger partial charge in [-0.1, -0.05) is 43.2 Å². The first-order valence-corrected chi connectivity index (χ1v) is 12.9. The number of piperidine rings is 1. The van der Waals surface area contributed by atoms with E-state index in [4.69, 9.17) is 4.74 Å². The van der Waals surface area contributed by atoms with Gasteiger partial charge in [0.15, 0.2) is 0 Å². The molecular formula is C24H30N2O4S. The van der Waals surface area contributed by atoms with Gasteiger partial charge in [0.25, 0.3) is 0 Å². The van der Waals surface area contributed by atoms with Crippen LogP contribution in [0, 0.1) is 5.92 Å². The molecule has 1 saturated carbocycles. The van der Waals surface area contributed by atoms with E-state index in [1.165, 1.54) is 6.42 Å². The van der Waals surface area contributed by atoms with E-state index >= 15 is 0 Å². The van der Waals surface area contributed by atoms with Crippen molar-refractivity contribution in [3.05, 3.63) is 42.5 Å². The number of nitrogens with zero attached hydrogens (tertiary/aromatic N) is 2. The molecule has 2 aromatic carbocycles. The molecule has 7 heteroatoms. The highest BCUT2D eigenvalue weighted by Crippen LogP contribution is 2.32. The third-order valence-corrected chi connectivity index (χ3v) is 9.07. The van der Waals surface area contributed by atoms with Crippen LogP contribution in [0.4, 0.5) is 0 Å². The van der Waals surface area contributed by atoms with Crippen LogP contribution in [0.3, 0.4) is 0 Å². The normalized spacial score (nSPS) is 26.0. The zero-order valence-corrected chi connectivity index (χ0v) is 18.6. The average Bonchev–Trinajstić information content (AvgIpc) is 2.83. The summed E-state index contributed by atoms with van der Waals surface area (Å²) in [6.45, 7) is 2.06. The molecule has 31 heavy (non-hydrogen) atoms. The summed E-state index contributed by atoms with van der Waals surface area (Å²) in [4.78, 5) is 15.7. The summed E-state index contributed by atoms with van der Waals surface area (Å²) < 4.78 is 33.9. The van der Waals surface area contributed by atoms with Gasteiger partial charge in [0, 0.05) is 25.6 Å². The van der Waals surface area contributed by atoms with E-state index in [1.54, 1.807) is 16.4 Å². The first kappa shape index (κ1) is 20.9. The molecule has 2 heterocycles. The summed E-state index contributed by atoms with van der Waals surface area (Å²) in [7, 11) is -3.56. The molecule has 6 nitrogen and oxygen atoms in total. The lowest BCUT2D eigenvalue weighted by Crippen LogP contribution is -2.57. The van der Waals surface area contributed by atoms with Crippen molar-refractivity contribution in [2.75, 3.05) is 26.2 Å². The smallest absolute Gasteiger partial charge is 0.243 e. The number of hydrogen-bond acceptors (Lipinski definition) is 4. The van der Waals surface area contributed by atoms with Gasteiger partial charge < -0.3 is 9.64 Å². The number of sulfonamides is 1. The standard InChI is InChI=1S/C24H30N2O4S/c27-24(26-15-16-30-23-8-4-3-7-22(23)26)19-11-13-25(14-12-19)31(28,29)21-10-9-18-5-1-2-6-20(18)17-21/h1-2,5-6,9-10,17,19,22-23H,3-4,7-8,11-16H2/t22-,23+/m0/s1. The minimum Gasteiger partial charge on any atom is -0.374 e. The SMILES string of the molecule is O=C(C1CCN(S(=O)(=O)c2ccc3ccccc3c2)CC1)N1CCO[C@@H]2CCCC[C@@H]21. The molecule has 0 unspecified atom stereocenters. The largest absolute Gasteiger partial charge is 0.374 e. The summed E-state index contributed by atoms with van der Waals surface area (Å²) >= 11 is 0. The molecule has 1 aliphatic carbocycles. The lowest BCUT2D eigenvalue weighted by atomic mass is 9.88. The van der Waals surface area contributed by atoms with Gasteiger partial charge in [-0.2, -0.15) is 4.31 Å². The Kier molecular flexibility index (Phi) is 5.75. The predicted octanol–water partition coefficient (Wildman–Crippen LogP) is 3.41. The minimum atomic E-state index is -3.56. The molecule has 0 bridgehead atoms. The monoisotopic (exact) mass is 442 g/mol. The van der Waals surface area contributed by atoms with E-state index in [0.717, 1.165) is 30.0 Å². The van der Waals surface area contributed by atoms with Crippen molar-refractivity contribution in [2.24, 2.45) is 5.92 Å². The van der Waals surface area contributed by atoms with Crippen LogP contribution in [0.2, 0.25) is 0 Å². The number of ether oxygens (including phenoxy) is 1. The van der Waals surface area contributed by atoms with Crippen molar-refractivity contribution < 1.29 is 17.9 Å². The zero-order valence-electron chi connectivity index (χ0n) is 17.8. The number of rotatable bonds is 3. The molecule has 0 radical (unpaired) electrons. The Hall–Kier alpha value is -1.96. The number of morpholine rings is 1. The zero-order chi connectivity index (χ0) is 21.4. The molecule has 2 saturated heterocycles. The lowest BCUT2D eigenvalue weighted by molar-refractivity contribution is -0.154. The molecule has 5 rings (SSSR count). The highest BCUT2D eigenvalue weighted by molar-refractivity contribution is 7.89. The lowest BCUT2D eigenvalue weighted by Gasteiger charge is -2.45. The second kappa shape index (κ2) is 8.52. The van der Waals surface area contributed by atoms with Crippen LogP contribution in [-0.4, -0.2) is 61.9 Å². The Labute approximate surface area is 184 Å². The third-order valence-electron chi connectivity index (χ3n) is 7.18. The Balaban J connectivity index is 1.26. The van der Waals surface area contributed by atoms with Crippen molar-refractivity contribution in [3.63, 3.8) is 0 Å². The summed E-state index contributed by atoms with van der Waals surface area (Å²) in [5, 5.41) is 1.94. The van der Waals surface area contributed by atoms with Gasteiger partial charge in [0.2, 0.25) is 15.9 Å². The Morgan fingerprint density at radius 1 is 0.903 bits per heavy atom. The molecule has 1 amide bonds. The average molecular weight is 443 g/mol. The maximum absolute atomic E-state index is 13.3. The molecule has 3 fully saturated rings. The summed E-state index contributed by atoms with van der Waals surface area (Å²) in [5.41, 5.74) is 0. The van der Waals surface area contributed by atoms with E-state index in [-0.39, 0.29) is 24.0 Å². The van der Waals surface area contributed by atoms with E-state index < -0.39 is 10.0 Å². The maximum Gasteiger partial charge on any atom is 0.243 e. The molecule has 0 spiro atoms. The predicted molar refractivity (Wildman–Crippen MR) is 119 cm³/mol. The van der Waals surface area contributed by atoms with E-state index in [1.807, 2.05) is 35.2 Å². The fourth-order valence-corrected chi connectivity index (χ4v) is 6.93. The number of benzene rings is 2. The van der Waals surface area contributed by atoms with Gasteiger partial charge in [-0.15, -0.1) is 0 Å².